The highest BCUT2D eigenvalue weighted by Gasteiger charge is 2.26. The number of para-hydroxylation sites is 1. The number of aromatic amines is 1. The molecule has 0 unspecified atom stereocenters. The van der Waals surface area contributed by atoms with Crippen molar-refractivity contribution >= 4 is 16.8 Å². The predicted octanol–water partition coefficient (Wildman–Crippen LogP) is 2.65. The largest absolute Gasteiger partial charge is 0.360 e. The van der Waals surface area contributed by atoms with Gasteiger partial charge < -0.3 is 9.88 Å². The summed E-state index contributed by atoms with van der Waals surface area (Å²) in [7, 11) is 1.89. The van der Waals surface area contributed by atoms with Gasteiger partial charge in [-0.3, -0.25) is 4.79 Å². The molecule has 2 aromatic rings. The van der Waals surface area contributed by atoms with Crippen molar-refractivity contribution in [1.29, 1.82) is 0 Å². The number of carbonyl (C=O) groups excluding carboxylic acids is 1. The summed E-state index contributed by atoms with van der Waals surface area (Å²) in [6, 6.07) is 7.92. The van der Waals surface area contributed by atoms with E-state index in [4.69, 9.17) is 0 Å². The third-order valence-electron chi connectivity index (χ3n) is 3.40. The smallest absolute Gasteiger partial charge is 0.255 e. The number of aromatic nitrogens is 1. The van der Waals surface area contributed by atoms with Crippen LogP contribution < -0.4 is 0 Å². The Labute approximate surface area is 100 Å². The molecule has 0 radical (unpaired) electrons. The van der Waals surface area contributed by atoms with Crippen LogP contribution in [0.15, 0.2) is 30.5 Å². The quantitative estimate of drug-likeness (QED) is 0.861. The first-order chi connectivity index (χ1) is 8.25. The lowest BCUT2D eigenvalue weighted by molar-refractivity contribution is 0.0790. The number of benzene rings is 1. The van der Waals surface area contributed by atoms with Crippen LogP contribution in [-0.2, 0) is 0 Å². The minimum absolute atomic E-state index is 0.120. The van der Waals surface area contributed by atoms with Gasteiger partial charge in [-0.2, -0.15) is 0 Å². The molecule has 0 atom stereocenters. The number of fused-ring (bicyclic) bond motifs is 1. The lowest BCUT2D eigenvalue weighted by Gasteiger charge is -2.16. The number of rotatable bonds is 3. The summed E-state index contributed by atoms with van der Waals surface area (Å²) >= 11 is 0. The second-order valence-corrected chi connectivity index (χ2v) is 4.88. The number of nitrogens with one attached hydrogen (secondary N) is 1. The van der Waals surface area contributed by atoms with E-state index in [0.717, 1.165) is 28.9 Å². The SMILES string of the molecule is CN(CC1CC1)C(=O)c1c[nH]c2ccccc12. The molecule has 1 heterocycles. The molecule has 3 heteroatoms. The molecule has 1 fully saturated rings. The zero-order valence-electron chi connectivity index (χ0n) is 9.94. The Morgan fingerprint density at radius 3 is 2.94 bits per heavy atom. The van der Waals surface area contributed by atoms with Crippen LogP contribution in [0.2, 0.25) is 0 Å². The minimum atomic E-state index is 0.120. The summed E-state index contributed by atoms with van der Waals surface area (Å²) in [6.07, 6.45) is 4.35. The van der Waals surface area contributed by atoms with Gasteiger partial charge in [0, 0.05) is 30.7 Å². The minimum Gasteiger partial charge on any atom is -0.360 e. The first kappa shape index (κ1) is 10.4. The normalized spacial score (nSPS) is 15.1. The highest BCUT2D eigenvalue weighted by atomic mass is 16.2. The van der Waals surface area contributed by atoms with E-state index < -0.39 is 0 Å². The summed E-state index contributed by atoms with van der Waals surface area (Å²) in [5.74, 6) is 0.850. The lowest BCUT2D eigenvalue weighted by atomic mass is 10.1. The van der Waals surface area contributed by atoms with Crippen LogP contribution >= 0.6 is 0 Å². The first-order valence-electron chi connectivity index (χ1n) is 6.07. The summed E-state index contributed by atoms with van der Waals surface area (Å²) in [4.78, 5) is 17.3. The van der Waals surface area contributed by atoms with E-state index in [1.165, 1.54) is 12.8 Å². The molecule has 17 heavy (non-hydrogen) atoms. The van der Waals surface area contributed by atoms with Gasteiger partial charge in [0.15, 0.2) is 0 Å². The fourth-order valence-electron chi connectivity index (χ4n) is 2.22. The highest BCUT2D eigenvalue weighted by molar-refractivity contribution is 6.06. The molecule has 1 aliphatic rings. The summed E-state index contributed by atoms with van der Waals surface area (Å²) in [5, 5.41) is 1.01. The van der Waals surface area contributed by atoms with E-state index in [9.17, 15) is 4.79 Å². The summed E-state index contributed by atoms with van der Waals surface area (Å²) < 4.78 is 0. The molecule has 1 aliphatic carbocycles. The molecule has 3 nitrogen and oxygen atoms in total. The zero-order chi connectivity index (χ0) is 11.8. The van der Waals surface area contributed by atoms with Crippen molar-refractivity contribution in [2.45, 2.75) is 12.8 Å². The van der Waals surface area contributed by atoms with E-state index in [2.05, 4.69) is 4.98 Å². The number of amides is 1. The van der Waals surface area contributed by atoms with Crippen molar-refractivity contribution in [2.24, 2.45) is 5.92 Å². The third-order valence-corrected chi connectivity index (χ3v) is 3.40. The van der Waals surface area contributed by atoms with E-state index >= 15 is 0 Å². The maximum absolute atomic E-state index is 12.3. The molecule has 1 amide bonds. The van der Waals surface area contributed by atoms with Gasteiger partial charge in [-0.25, -0.2) is 0 Å². The first-order valence-corrected chi connectivity index (χ1v) is 6.07. The van der Waals surface area contributed by atoms with Gasteiger partial charge >= 0.3 is 0 Å². The summed E-state index contributed by atoms with van der Waals surface area (Å²) in [6.45, 7) is 0.887. The predicted molar refractivity (Wildman–Crippen MR) is 68.0 cm³/mol. The lowest BCUT2D eigenvalue weighted by Crippen LogP contribution is -2.28. The van der Waals surface area contributed by atoms with Crippen LogP contribution in [0.3, 0.4) is 0 Å². The van der Waals surface area contributed by atoms with Gasteiger partial charge in [0.25, 0.3) is 5.91 Å². The number of nitrogens with zero attached hydrogens (tertiary/aromatic N) is 1. The van der Waals surface area contributed by atoms with Gasteiger partial charge in [-0.15, -0.1) is 0 Å². The second-order valence-electron chi connectivity index (χ2n) is 4.88. The Morgan fingerprint density at radius 1 is 1.41 bits per heavy atom. The standard InChI is InChI=1S/C14H16N2O/c1-16(9-10-6-7-10)14(17)12-8-15-13-5-3-2-4-11(12)13/h2-5,8,10,15H,6-7,9H2,1H3. The molecule has 1 aromatic carbocycles. The molecule has 0 saturated heterocycles. The Bertz CT molecular complexity index is 554. The van der Waals surface area contributed by atoms with Gasteiger partial charge in [0.2, 0.25) is 0 Å². The van der Waals surface area contributed by atoms with Crippen LogP contribution in [0.4, 0.5) is 0 Å². The van der Waals surface area contributed by atoms with Crippen LogP contribution in [0.1, 0.15) is 23.2 Å². The van der Waals surface area contributed by atoms with Crippen LogP contribution in [-0.4, -0.2) is 29.4 Å². The Hall–Kier alpha value is -1.77. The van der Waals surface area contributed by atoms with Gasteiger partial charge in [-0.1, -0.05) is 18.2 Å². The second kappa shape index (κ2) is 3.91. The summed E-state index contributed by atoms with van der Waals surface area (Å²) in [5.41, 5.74) is 1.81. The fraction of sp³-hybridized carbons (Fsp3) is 0.357. The average molecular weight is 228 g/mol. The molecular weight excluding hydrogens is 212 g/mol. The Morgan fingerprint density at radius 2 is 2.18 bits per heavy atom. The maximum Gasteiger partial charge on any atom is 0.255 e. The average Bonchev–Trinajstić information content (AvgIpc) is 3.05. The Kier molecular flexibility index (Phi) is 2.39. The topological polar surface area (TPSA) is 36.1 Å². The fourth-order valence-corrected chi connectivity index (χ4v) is 2.22. The van der Waals surface area contributed by atoms with Crippen LogP contribution in [0.25, 0.3) is 10.9 Å². The van der Waals surface area contributed by atoms with E-state index in [1.54, 1.807) is 0 Å². The van der Waals surface area contributed by atoms with E-state index in [1.807, 2.05) is 42.4 Å². The zero-order valence-corrected chi connectivity index (χ0v) is 9.94. The third kappa shape index (κ3) is 1.93. The van der Waals surface area contributed by atoms with Crippen molar-refractivity contribution in [2.75, 3.05) is 13.6 Å². The molecule has 0 aliphatic heterocycles. The number of carbonyl (C=O) groups is 1. The van der Waals surface area contributed by atoms with Crippen LogP contribution in [0.5, 0.6) is 0 Å². The number of H-pyrrole nitrogens is 1. The molecule has 1 N–H and O–H groups in total. The van der Waals surface area contributed by atoms with Crippen molar-refractivity contribution in [3.05, 3.63) is 36.0 Å². The highest BCUT2D eigenvalue weighted by Crippen LogP contribution is 2.30. The molecule has 3 rings (SSSR count). The molecule has 0 spiro atoms. The van der Waals surface area contributed by atoms with Crippen molar-refractivity contribution in [1.82, 2.24) is 9.88 Å². The molecule has 1 saturated carbocycles. The van der Waals surface area contributed by atoms with Gasteiger partial charge in [0.1, 0.15) is 0 Å². The van der Waals surface area contributed by atoms with Crippen molar-refractivity contribution < 1.29 is 4.79 Å². The van der Waals surface area contributed by atoms with Crippen molar-refractivity contribution in [3.8, 4) is 0 Å². The monoisotopic (exact) mass is 228 g/mol. The molecular formula is C14H16N2O. The molecule has 88 valence electrons. The maximum atomic E-state index is 12.3. The van der Waals surface area contributed by atoms with Crippen LogP contribution in [0, 0.1) is 5.92 Å². The molecule has 1 aromatic heterocycles. The number of hydrogen-bond donors (Lipinski definition) is 1. The van der Waals surface area contributed by atoms with E-state index in [0.29, 0.717) is 0 Å². The molecule has 0 bridgehead atoms. The number of hydrogen-bond acceptors (Lipinski definition) is 1. The van der Waals surface area contributed by atoms with Crippen molar-refractivity contribution in [3.63, 3.8) is 0 Å². The van der Waals surface area contributed by atoms with E-state index in [-0.39, 0.29) is 5.91 Å². The van der Waals surface area contributed by atoms with Gasteiger partial charge in [-0.05, 0) is 24.8 Å². The Balaban J connectivity index is 1.89. The van der Waals surface area contributed by atoms with Gasteiger partial charge in [0.05, 0.1) is 5.56 Å².